The number of hydrogen-bond donors (Lipinski definition) is 2. The van der Waals surface area contributed by atoms with E-state index in [9.17, 15) is 9.59 Å². The Bertz CT molecular complexity index is 532. The highest BCUT2D eigenvalue weighted by Gasteiger charge is 2.23. The topological polar surface area (TPSA) is 84.9 Å². The molecule has 6 nitrogen and oxygen atoms in total. The van der Waals surface area contributed by atoms with Gasteiger partial charge in [0.1, 0.15) is 17.5 Å². The molecular weight excluding hydrogens is 342 g/mol. The number of methoxy groups -OCH3 is 2. The fourth-order valence-electron chi connectivity index (χ4n) is 1.84. The average molecular weight is 360 g/mol. The zero-order valence-corrected chi connectivity index (χ0v) is 13.7. The van der Waals surface area contributed by atoms with E-state index in [4.69, 9.17) is 14.6 Å². The average Bonchev–Trinajstić information content (AvgIpc) is 2.45. The van der Waals surface area contributed by atoms with Gasteiger partial charge in [0.25, 0.3) is 5.91 Å². The number of carbonyl (C=O) groups excluding carboxylic acids is 1. The lowest BCUT2D eigenvalue weighted by Gasteiger charge is -2.16. The summed E-state index contributed by atoms with van der Waals surface area (Å²) in [6.07, 6.45) is 1.00. The van der Waals surface area contributed by atoms with Gasteiger partial charge in [0.2, 0.25) is 0 Å². The van der Waals surface area contributed by atoms with Gasteiger partial charge in [-0.1, -0.05) is 13.3 Å². The molecule has 0 saturated carbocycles. The number of carboxylic acid groups (broad SMARTS) is 1. The first-order valence-electron chi connectivity index (χ1n) is 6.39. The zero-order chi connectivity index (χ0) is 16.0. The van der Waals surface area contributed by atoms with Crippen molar-refractivity contribution in [3.05, 3.63) is 22.2 Å². The molecule has 116 valence electrons. The van der Waals surface area contributed by atoms with Crippen molar-refractivity contribution in [1.82, 2.24) is 5.32 Å². The van der Waals surface area contributed by atoms with Crippen LogP contribution in [0.25, 0.3) is 0 Å². The minimum atomic E-state index is -1.06. The largest absolute Gasteiger partial charge is 0.497 e. The Morgan fingerprint density at radius 1 is 1.33 bits per heavy atom. The molecule has 2 N–H and O–H groups in total. The highest BCUT2D eigenvalue weighted by molar-refractivity contribution is 9.10. The second-order valence-corrected chi connectivity index (χ2v) is 5.20. The first-order valence-corrected chi connectivity index (χ1v) is 7.19. The minimum absolute atomic E-state index is 0.214. The van der Waals surface area contributed by atoms with E-state index in [2.05, 4.69) is 21.2 Å². The second-order valence-electron chi connectivity index (χ2n) is 4.34. The Hall–Kier alpha value is -1.76. The van der Waals surface area contributed by atoms with E-state index in [1.165, 1.54) is 20.3 Å². The smallest absolute Gasteiger partial charge is 0.326 e. The molecule has 1 aromatic rings. The van der Waals surface area contributed by atoms with Crippen LogP contribution in [0.3, 0.4) is 0 Å². The van der Waals surface area contributed by atoms with Gasteiger partial charge in [-0.3, -0.25) is 4.79 Å². The molecule has 0 saturated heterocycles. The fraction of sp³-hybridized carbons (Fsp3) is 0.429. The van der Waals surface area contributed by atoms with E-state index in [0.717, 1.165) is 0 Å². The quantitative estimate of drug-likeness (QED) is 0.780. The third-order valence-electron chi connectivity index (χ3n) is 2.88. The molecule has 7 heteroatoms. The van der Waals surface area contributed by atoms with E-state index in [1.807, 2.05) is 6.92 Å². The number of halogens is 1. The van der Waals surface area contributed by atoms with Crippen LogP contribution < -0.4 is 14.8 Å². The van der Waals surface area contributed by atoms with Gasteiger partial charge in [0.05, 0.1) is 24.3 Å². The van der Waals surface area contributed by atoms with Crippen LogP contribution >= 0.6 is 15.9 Å². The van der Waals surface area contributed by atoms with Crippen LogP contribution in [0.5, 0.6) is 11.5 Å². The number of nitrogens with one attached hydrogen (secondary N) is 1. The maximum absolute atomic E-state index is 12.3. The summed E-state index contributed by atoms with van der Waals surface area (Å²) < 4.78 is 10.8. The van der Waals surface area contributed by atoms with E-state index in [1.54, 1.807) is 6.07 Å². The van der Waals surface area contributed by atoms with Gasteiger partial charge in [-0.05, 0) is 34.5 Å². The van der Waals surface area contributed by atoms with Crippen LogP contribution in [0.1, 0.15) is 30.1 Å². The second kappa shape index (κ2) is 7.87. The summed E-state index contributed by atoms with van der Waals surface area (Å²) >= 11 is 3.29. The van der Waals surface area contributed by atoms with E-state index < -0.39 is 17.9 Å². The van der Waals surface area contributed by atoms with Crippen molar-refractivity contribution in [3.8, 4) is 11.5 Å². The predicted molar refractivity (Wildman–Crippen MR) is 81.0 cm³/mol. The zero-order valence-electron chi connectivity index (χ0n) is 12.1. The van der Waals surface area contributed by atoms with Crippen LogP contribution in [0, 0.1) is 0 Å². The Balaban J connectivity index is 3.10. The van der Waals surface area contributed by atoms with Crippen molar-refractivity contribution in [2.75, 3.05) is 14.2 Å². The lowest BCUT2D eigenvalue weighted by atomic mass is 10.1. The van der Waals surface area contributed by atoms with Gasteiger partial charge in [0, 0.05) is 0 Å². The summed E-state index contributed by atoms with van der Waals surface area (Å²) in [6.45, 7) is 1.85. The third-order valence-corrected chi connectivity index (χ3v) is 3.47. The Morgan fingerprint density at radius 2 is 2.00 bits per heavy atom. The fourth-order valence-corrected chi connectivity index (χ4v) is 2.45. The summed E-state index contributed by atoms with van der Waals surface area (Å²) in [5, 5.41) is 11.6. The molecule has 0 aromatic heterocycles. The molecule has 0 unspecified atom stereocenters. The van der Waals surface area contributed by atoms with Crippen LogP contribution in [0.4, 0.5) is 0 Å². The number of aliphatic carboxylic acids is 1. The number of rotatable bonds is 7. The standard InChI is InChI=1S/C14H18BrNO5/c1-4-5-11(14(18)19)16-13(17)9-6-8(20-2)7-10(15)12(9)21-3/h6-7,11H,4-5H2,1-3H3,(H,16,17)(H,18,19)/t11-/m1/s1. The number of carboxylic acids is 1. The van der Waals surface area contributed by atoms with Gasteiger partial charge in [-0.25, -0.2) is 4.79 Å². The molecule has 0 heterocycles. The summed E-state index contributed by atoms with van der Waals surface area (Å²) in [7, 11) is 2.91. The third kappa shape index (κ3) is 4.35. The lowest BCUT2D eigenvalue weighted by molar-refractivity contribution is -0.139. The normalized spacial score (nSPS) is 11.6. The predicted octanol–water partition coefficient (Wildman–Crippen LogP) is 2.45. The molecule has 1 rings (SSSR count). The Kier molecular flexibility index (Phi) is 6.48. The molecule has 0 bridgehead atoms. The molecule has 1 amide bonds. The van der Waals surface area contributed by atoms with Gasteiger partial charge < -0.3 is 19.9 Å². The Labute approximate surface area is 131 Å². The van der Waals surface area contributed by atoms with Crippen molar-refractivity contribution in [1.29, 1.82) is 0 Å². The number of ether oxygens (including phenoxy) is 2. The van der Waals surface area contributed by atoms with Crippen molar-refractivity contribution in [2.24, 2.45) is 0 Å². The molecular formula is C14H18BrNO5. The number of hydrogen-bond acceptors (Lipinski definition) is 4. The molecule has 21 heavy (non-hydrogen) atoms. The molecule has 1 aromatic carbocycles. The van der Waals surface area contributed by atoms with E-state index >= 15 is 0 Å². The summed E-state index contributed by atoms with van der Waals surface area (Å²) in [5.74, 6) is -0.789. The highest BCUT2D eigenvalue weighted by Crippen LogP contribution is 2.33. The molecule has 0 aliphatic carbocycles. The van der Waals surface area contributed by atoms with E-state index in [-0.39, 0.29) is 5.56 Å². The molecule has 0 aliphatic heterocycles. The SMILES string of the molecule is CCC[C@@H](NC(=O)c1cc(OC)cc(Br)c1OC)C(=O)O. The van der Waals surface area contributed by atoms with Crippen molar-refractivity contribution in [3.63, 3.8) is 0 Å². The summed E-state index contributed by atoms with van der Waals surface area (Å²) in [6, 6.07) is 2.23. The van der Waals surface area contributed by atoms with E-state index in [0.29, 0.717) is 28.8 Å². The van der Waals surface area contributed by atoms with Crippen molar-refractivity contribution >= 4 is 27.8 Å². The van der Waals surface area contributed by atoms with Gasteiger partial charge in [-0.15, -0.1) is 0 Å². The van der Waals surface area contributed by atoms with Crippen LogP contribution in [-0.4, -0.2) is 37.2 Å². The van der Waals surface area contributed by atoms with Gasteiger partial charge in [0.15, 0.2) is 0 Å². The molecule has 0 fully saturated rings. The maximum atomic E-state index is 12.3. The highest BCUT2D eigenvalue weighted by atomic mass is 79.9. The van der Waals surface area contributed by atoms with Crippen molar-refractivity contribution < 1.29 is 24.2 Å². The van der Waals surface area contributed by atoms with Crippen molar-refractivity contribution in [2.45, 2.75) is 25.8 Å². The summed E-state index contributed by atoms with van der Waals surface area (Å²) in [5.41, 5.74) is 0.214. The molecule has 0 radical (unpaired) electrons. The lowest BCUT2D eigenvalue weighted by Crippen LogP contribution is -2.40. The maximum Gasteiger partial charge on any atom is 0.326 e. The monoisotopic (exact) mass is 359 g/mol. The molecule has 0 aliphatic rings. The number of benzene rings is 1. The Morgan fingerprint density at radius 3 is 2.48 bits per heavy atom. The van der Waals surface area contributed by atoms with Crippen LogP contribution in [0.2, 0.25) is 0 Å². The van der Waals surface area contributed by atoms with Crippen LogP contribution in [0.15, 0.2) is 16.6 Å². The number of carbonyl (C=O) groups is 2. The van der Waals surface area contributed by atoms with Gasteiger partial charge in [-0.2, -0.15) is 0 Å². The minimum Gasteiger partial charge on any atom is -0.497 e. The molecule has 1 atom stereocenters. The first kappa shape index (κ1) is 17.3. The molecule has 0 spiro atoms. The van der Waals surface area contributed by atoms with Gasteiger partial charge >= 0.3 is 5.97 Å². The number of amides is 1. The first-order chi connectivity index (χ1) is 9.94. The van der Waals surface area contributed by atoms with Crippen LogP contribution in [-0.2, 0) is 4.79 Å². The summed E-state index contributed by atoms with van der Waals surface area (Å²) in [4.78, 5) is 23.4.